The third-order valence-electron chi connectivity index (χ3n) is 4.80. The molecule has 29 heavy (non-hydrogen) atoms. The highest BCUT2D eigenvalue weighted by atomic mass is 16.5. The van der Waals surface area contributed by atoms with E-state index in [9.17, 15) is 4.79 Å². The predicted octanol–water partition coefficient (Wildman–Crippen LogP) is 4.02. The summed E-state index contributed by atoms with van der Waals surface area (Å²) in [5.74, 6) is 1.87. The highest BCUT2D eigenvalue weighted by Gasteiger charge is 2.14. The zero-order chi connectivity index (χ0) is 20.4. The van der Waals surface area contributed by atoms with Crippen LogP contribution in [0.3, 0.4) is 0 Å². The first-order valence-corrected chi connectivity index (χ1v) is 9.14. The number of carbonyl (C=O) groups is 1. The molecule has 4 aromatic rings. The predicted molar refractivity (Wildman–Crippen MR) is 112 cm³/mol. The van der Waals surface area contributed by atoms with Crippen LogP contribution in [-0.2, 0) is 0 Å². The quantitative estimate of drug-likeness (QED) is 0.563. The highest BCUT2D eigenvalue weighted by Crippen LogP contribution is 2.28. The molecule has 0 saturated heterocycles. The molecule has 0 unspecified atom stereocenters. The Balaban J connectivity index is 1.73. The lowest BCUT2D eigenvalue weighted by Gasteiger charge is -2.11. The lowest BCUT2D eigenvalue weighted by Crippen LogP contribution is -2.12. The van der Waals surface area contributed by atoms with Gasteiger partial charge in [-0.2, -0.15) is 0 Å². The number of hydrogen-bond donors (Lipinski definition) is 1. The molecule has 144 valence electrons. The van der Waals surface area contributed by atoms with Crippen molar-refractivity contribution in [1.82, 2.24) is 14.8 Å². The van der Waals surface area contributed by atoms with Crippen molar-refractivity contribution in [3.05, 3.63) is 84.2 Å². The van der Waals surface area contributed by atoms with Gasteiger partial charge < -0.3 is 10.5 Å². The summed E-state index contributed by atoms with van der Waals surface area (Å²) in [5, 5.41) is 8.61. The Bertz CT molecular complexity index is 1160. The molecule has 0 atom stereocenters. The molecule has 1 amide bonds. The van der Waals surface area contributed by atoms with Crippen LogP contribution in [0.1, 0.15) is 16.2 Å². The second-order valence-corrected chi connectivity index (χ2v) is 6.59. The number of aryl methyl sites for hydroxylation is 1. The molecule has 0 aliphatic heterocycles. The number of nitrogens with zero attached hydrogens (tertiary/aromatic N) is 3. The van der Waals surface area contributed by atoms with Crippen LogP contribution in [0.25, 0.3) is 28.2 Å². The molecule has 6 heteroatoms. The van der Waals surface area contributed by atoms with Gasteiger partial charge in [-0.15, -0.1) is 10.2 Å². The number of ether oxygens (including phenoxy) is 1. The summed E-state index contributed by atoms with van der Waals surface area (Å²) >= 11 is 0. The van der Waals surface area contributed by atoms with Crippen LogP contribution < -0.4 is 10.5 Å². The van der Waals surface area contributed by atoms with Crippen LogP contribution in [0.2, 0.25) is 0 Å². The van der Waals surface area contributed by atoms with E-state index in [2.05, 4.69) is 10.2 Å². The average molecular weight is 384 g/mol. The van der Waals surface area contributed by atoms with E-state index < -0.39 is 5.91 Å². The number of benzene rings is 3. The number of nitrogens with two attached hydrogens (primary N) is 1. The van der Waals surface area contributed by atoms with E-state index in [0.717, 1.165) is 39.8 Å². The van der Waals surface area contributed by atoms with Gasteiger partial charge in [-0.1, -0.05) is 42.5 Å². The maximum absolute atomic E-state index is 11.7. The number of amides is 1. The molecule has 0 aliphatic rings. The minimum atomic E-state index is -0.445. The topological polar surface area (TPSA) is 83.0 Å². The Morgan fingerprint density at radius 1 is 0.897 bits per heavy atom. The van der Waals surface area contributed by atoms with E-state index in [0.29, 0.717) is 5.56 Å². The highest BCUT2D eigenvalue weighted by molar-refractivity contribution is 5.99. The zero-order valence-corrected chi connectivity index (χ0v) is 16.2. The third-order valence-corrected chi connectivity index (χ3v) is 4.80. The Morgan fingerprint density at radius 2 is 1.55 bits per heavy atom. The van der Waals surface area contributed by atoms with Crippen LogP contribution in [0, 0.1) is 6.92 Å². The van der Waals surface area contributed by atoms with Crippen molar-refractivity contribution in [3.8, 4) is 34.0 Å². The summed E-state index contributed by atoms with van der Waals surface area (Å²) in [7, 11) is 1.64. The molecule has 1 aromatic heterocycles. The van der Waals surface area contributed by atoms with Crippen molar-refractivity contribution in [3.63, 3.8) is 0 Å². The van der Waals surface area contributed by atoms with Gasteiger partial charge in [0, 0.05) is 16.8 Å². The molecule has 0 fully saturated rings. The van der Waals surface area contributed by atoms with Crippen molar-refractivity contribution >= 4 is 5.91 Å². The lowest BCUT2D eigenvalue weighted by atomic mass is 9.98. The van der Waals surface area contributed by atoms with Crippen molar-refractivity contribution in [2.24, 2.45) is 5.73 Å². The van der Waals surface area contributed by atoms with Crippen LogP contribution in [0.4, 0.5) is 0 Å². The van der Waals surface area contributed by atoms with Gasteiger partial charge in [0.05, 0.1) is 7.11 Å². The van der Waals surface area contributed by atoms with Crippen molar-refractivity contribution < 1.29 is 9.53 Å². The monoisotopic (exact) mass is 384 g/mol. The van der Waals surface area contributed by atoms with Crippen molar-refractivity contribution in [2.45, 2.75) is 6.92 Å². The first-order chi connectivity index (χ1) is 14.1. The van der Waals surface area contributed by atoms with Gasteiger partial charge in [0.15, 0.2) is 5.82 Å². The standard InChI is InChI=1S/C23H20N4O2/c1-15-25-26-23(27(15)18-11-13-19(29-2)14-12-18)17-9-7-16(8-10-17)20-5-3-4-6-21(20)22(24)28/h3-14H,1-2H3,(H2,24,28). The van der Waals surface area contributed by atoms with Gasteiger partial charge in [-0.3, -0.25) is 9.36 Å². The van der Waals surface area contributed by atoms with Crippen LogP contribution in [0.5, 0.6) is 5.75 Å². The molecular weight excluding hydrogens is 364 g/mol. The average Bonchev–Trinajstić information content (AvgIpc) is 3.15. The summed E-state index contributed by atoms with van der Waals surface area (Å²) in [5.41, 5.74) is 9.59. The van der Waals surface area contributed by atoms with E-state index in [1.807, 2.05) is 72.2 Å². The Morgan fingerprint density at radius 3 is 2.21 bits per heavy atom. The molecule has 3 aromatic carbocycles. The minimum Gasteiger partial charge on any atom is -0.497 e. The van der Waals surface area contributed by atoms with E-state index in [1.165, 1.54) is 0 Å². The number of methoxy groups -OCH3 is 1. The van der Waals surface area contributed by atoms with Gasteiger partial charge >= 0.3 is 0 Å². The fraction of sp³-hybridized carbons (Fsp3) is 0.0870. The maximum Gasteiger partial charge on any atom is 0.249 e. The SMILES string of the molecule is COc1ccc(-n2c(C)nnc2-c2ccc(-c3ccccc3C(N)=O)cc2)cc1. The molecule has 4 rings (SSSR count). The Kier molecular flexibility index (Phi) is 4.83. The minimum absolute atomic E-state index is 0.445. The molecular formula is C23H20N4O2. The molecule has 1 heterocycles. The summed E-state index contributed by atoms with van der Waals surface area (Å²) in [6.45, 7) is 1.91. The Labute approximate surface area is 168 Å². The van der Waals surface area contributed by atoms with Gasteiger partial charge in [-0.25, -0.2) is 0 Å². The number of aromatic nitrogens is 3. The molecule has 0 aliphatic carbocycles. The number of hydrogen-bond acceptors (Lipinski definition) is 4. The molecule has 0 saturated carbocycles. The number of primary amides is 1. The van der Waals surface area contributed by atoms with E-state index in [1.54, 1.807) is 19.2 Å². The number of rotatable bonds is 5. The Hall–Kier alpha value is -3.93. The largest absolute Gasteiger partial charge is 0.497 e. The van der Waals surface area contributed by atoms with E-state index in [-0.39, 0.29) is 0 Å². The summed E-state index contributed by atoms with van der Waals surface area (Å²) < 4.78 is 7.23. The summed E-state index contributed by atoms with van der Waals surface area (Å²) in [6, 6.07) is 22.9. The van der Waals surface area contributed by atoms with Gasteiger partial charge in [0.2, 0.25) is 5.91 Å². The van der Waals surface area contributed by atoms with Crippen LogP contribution in [-0.4, -0.2) is 27.8 Å². The zero-order valence-electron chi connectivity index (χ0n) is 16.2. The van der Waals surface area contributed by atoms with Gasteiger partial charge in [0.25, 0.3) is 0 Å². The lowest BCUT2D eigenvalue weighted by molar-refractivity contribution is 0.100. The first-order valence-electron chi connectivity index (χ1n) is 9.14. The van der Waals surface area contributed by atoms with E-state index >= 15 is 0 Å². The third kappa shape index (κ3) is 3.48. The molecule has 6 nitrogen and oxygen atoms in total. The fourth-order valence-corrected chi connectivity index (χ4v) is 3.34. The molecule has 0 bridgehead atoms. The molecule has 2 N–H and O–H groups in total. The summed E-state index contributed by atoms with van der Waals surface area (Å²) in [6.07, 6.45) is 0. The van der Waals surface area contributed by atoms with E-state index in [4.69, 9.17) is 10.5 Å². The second-order valence-electron chi connectivity index (χ2n) is 6.59. The molecule has 0 radical (unpaired) electrons. The first kappa shape index (κ1) is 18.4. The molecule has 0 spiro atoms. The fourth-order valence-electron chi connectivity index (χ4n) is 3.34. The van der Waals surface area contributed by atoms with Gasteiger partial charge in [0.1, 0.15) is 11.6 Å². The smallest absolute Gasteiger partial charge is 0.249 e. The number of carbonyl (C=O) groups excluding carboxylic acids is 1. The second kappa shape index (κ2) is 7.59. The normalized spacial score (nSPS) is 10.7. The maximum atomic E-state index is 11.7. The van der Waals surface area contributed by atoms with Crippen LogP contribution >= 0.6 is 0 Å². The summed E-state index contributed by atoms with van der Waals surface area (Å²) in [4.78, 5) is 11.7. The van der Waals surface area contributed by atoms with Gasteiger partial charge in [-0.05, 0) is 48.4 Å². The van der Waals surface area contributed by atoms with Crippen molar-refractivity contribution in [1.29, 1.82) is 0 Å². The van der Waals surface area contributed by atoms with Crippen LogP contribution in [0.15, 0.2) is 72.8 Å². The van der Waals surface area contributed by atoms with Crippen molar-refractivity contribution in [2.75, 3.05) is 7.11 Å².